The van der Waals surface area contributed by atoms with Gasteiger partial charge < -0.3 is 0 Å². The molecule has 0 spiro atoms. The van der Waals surface area contributed by atoms with Gasteiger partial charge in [-0.3, -0.25) is 0 Å². The maximum atomic E-state index is 5.64. The lowest BCUT2D eigenvalue weighted by Gasteiger charge is -2.21. The van der Waals surface area contributed by atoms with E-state index in [4.69, 9.17) is 9.97 Å². The van der Waals surface area contributed by atoms with Crippen molar-refractivity contribution in [2.75, 3.05) is 0 Å². The zero-order chi connectivity index (χ0) is 37.3. The zero-order valence-electron chi connectivity index (χ0n) is 31.2. The van der Waals surface area contributed by atoms with Gasteiger partial charge in [0.15, 0.2) is 0 Å². The number of aromatic nitrogens is 2. The highest BCUT2D eigenvalue weighted by atomic mass is 14.7. The Morgan fingerprint density at radius 3 is 1.16 bits per heavy atom. The molecule has 2 heteroatoms. The standard InChI is InChI=1S/C54H36N2/c1-33-47-43-28-16-17-29-45(43)55-53(36-20-8-4-9-21-36)49(47)34(2)48-44-31-30-38(32-46(44)56-54(50(33)48)37-22-10-5-11-23-37)52-41-26-14-12-24-39(41)51(35-18-6-3-7-19-35)40-25-13-15-27-42(40)52/h3-32H,1-2H3. The molecule has 56 heavy (non-hydrogen) atoms. The van der Waals surface area contributed by atoms with E-state index in [1.807, 2.05) is 0 Å². The van der Waals surface area contributed by atoms with Crippen LogP contribution in [0.25, 0.3) is 110 Å². The number of fused-ring (bicyclic) bond motifs is 8. The Bertz CT molecular complexity index is 3290. The number of nitrogens with zero attached hydrogens (tertiary/aromatic N) is 2. The first-order chi connectivity index (χ1) is 27.7. The first-order valence-electron chi connectivity index (χ1n) is 19.3. The predicted octanol–water partition coefficient (Wildman–Crippen LogP) is 14.7. The summed E-state index contributed by atoms with van der Waals surface area (Å²) < 4.78 is 0. The van der Waals surface area contributed by atoms with Gasteiger partial charge in [0.25, 0.3) is 0 Å². The van der Waals surface area contributed by atoms with Crippen LogP contribution in [-0.2, 0) is 0 Å². The van der Waals surface area contributed by atoms with E-state index >= 15 is 0 Å². The maximum Gasteiger partial charge on any atom is 0.0791 e. The van der Waals surface area contributed by atoms with Gasteiger partial charge >= 0.3 is 0 Å². The Morgan fingerprint density at radius 2 is 0.661 bits per heavy atom. The van der Waals surface area contributed by atoms with Crippen LogP contribution in [0.3, 0.4) is 0 Å². The largest absolute Gasteiger partial charge is 0.247 e. The van der Waals surface area contributed by atoms with E-state index < -0.39 is 0 Å². The summed E-state index contributed by atoms with van der Waals surface area (Å²) in [6, 6.07) is 65.4. The Balaban J connectivity index is 1.28. The lowest BCUT2D eigenvalue weighted by Crippen LogP contribution is -1.99. The molecule has 262 valence electrons. The van der Waals surface area contributed by atoms with E-state index in [2.05, 4.69) is 196 Å². The average Bonchev–Trinajstić information content (AvgIpc) is 3.26. The van der Waals surface area contributed by atoms with Crippen molar-refractivity contribution in [2.24, 2.45) is 0 Å². The summed E-state index contributed by atoms with van der Waals surface area (Å²) in [6.07, 6.45) is 0. The summed E-state index contributed by atoms with van der Waals surface area (Å²) >= 11 is 0. The lowest BCUT2D eigenvalue weighted by molar-refractivity contribution is 1.39. The molecule has 11 rings (SSSR count). The molecule has 2 heterocycles. The van der Waals surface area contributed by atoms with Crippen LogP contribution < -0.4 is 0 Å². The zero-order valence-corrected chi connectivity index (χ0v) is 31.2. The second-order valence-corrected chi connectivity index (χ2v) is 14.9. The fourth-order valence-corrected chi connectivity index (χ4v) is 9.36. The van der Waals surface area contributed by atoms with Crippen LogP contribution in [0.4, 0.5) is 0 Å². The Hall–Kier alpha value is -7.16. The van der Waals surface area contributed by atoms with Crippen LogP contribution >= 0.6 is 0 Å². The van der Waals surface area contributed by atoms with E-state index in [0.717, 1.165) is 49.9 Å². The topological polar surface area (TPSA) is 25.8 Å². The van der Waals surface area contributed by atoms with Crippen LogP contribution in [0.2, 0.25) is 0 Å². The summed E-state index contributed by atoms with van der Waals surface area (Å²) in [6.45, 7) is 4.57. The van der Waals surface area contributed by atoms with Gasteiger partial charge in [-0.2, -0.15) is 0 Å². The summed E-state index contributed by atoms with van der Waals surface area (Å²) in [5, 5.41) is 12.1. The number of aryl methyl sites for hydroxylation is 2. The van der Waals surface area contributed by atoms with Crippen molar-refractivity contribution in [3.05, 3.63) is 193 Å². The molecular formula is C54H36N2. The molecule has 0 saturated heterocycles. The second kappa shape index (κ2) is 12.7. The van der Waals surface area contributed by atoms with Gasteiger partial charge in [-0.1, -0.05) is 170 Å². The molecule has 0 radical (unpaired) electrons. The first kappa shape index (κ1) is 32.3. The number of para-hydroxylation sites is 1. The maximum absolute atomic E-state index is 5.64. The minimum atomic E-state index is 0.978. The third kappa shape index (κ3) is 4.82. The van der Waals surface area contributed by atoms with Gasteiger partial charge in [0, 0.05) is 32.7 Å². The number of pyridine rings is 2. The van der Waals surface area contributed by atoms with Crippen molar-refractivity contribution < 1.29 is 0 Å². The van der Waals surface area contributed by atoms with Crippen LogP contribution in [0.1, 0.15) is 11.1 Å². The molecular weight excluding hydrogens is 677 g/mol. The SMILES string of the molecule is Cc1c2c(-c3ccccc3)nc3cc(-c4c5ccccc5c(-c5ccccc5)c5ccccc45)ccc3c2c(C)c2c(-c3ccccc3)nc3ccccc3c12. The normalized spacial score (nSPS) is 11.8. The molecule has 0 saturated carbocycles. The number of benzene rings is 9. The van der Waals surface area contributed by atoms with Gasteiger partial charge in [0.1, 0.15) is 0 Å². The van der Waals surface area contributed by atoms with E-state index in [1.54, 1.807) is 0 Å². The molecule has 0 amide bonds. The molecule has 2 aromatic heterocycles. The third-order valence-corrected chi connectivity index (χ3v) is 11.8. The lowest BCUT2D eigenvalue weighted by atomic mass is 9.84. The fraction of sp³-hybridized carbons (Fsp3) is 0.0370. The highest BCUT2D eigenvalue weighted by Gasteiger charge is 2.23. The first-order valence-corrected chi connectivity index (χ1v) is 19.3. The van der Waals surface area contributed by atoms with Crippen LogP contribution in [0.5, 0.6) is 0 Å². The quantitative estimate of drug-likeness (QED) is 0.134. The van der Waals surface area contributed by atoms with E-state index in [1.165, 1.54) is 70.9 Å². The molecule has 0 aliphatic carbocycles. The van der Waals surface area contributed by atoms with Crippen molar-refractivity contribution in [3.63, 3.8) is 0 Å². The van der Waals surface area contributed by atoms with Crippen molar-refractivity contribution >= 4 is 64.9 Å². The fourth-order valence-electron chi connectivity index (χ4n) is 9.36. The Kier molecular flexibility index (Phi) is 7.33. The summed E-state index contributed by atoms with van der Waals surface area (Å²) in [7, 11) is 0. The Labute approximate surface area is 325 Å². The molecule has 0 aliphatic heterocycles. The second-order valence-electron chi connectivity index (χ2n) is 14.9. The molecule has 0 unspecified atom stereocenters. The minimum absolute atomic E-state index is 0.978. The Morgan fingerprint density at radius 1 is 0.286 bits per heavy atom. The van der Waals surface area contributed by atoms with Crippen molar-refractivity contribution in [1.82, 2.24) is 9.97 Å². The van der Waals surface area contributed by atoms with Gasteiger partial charge in [-0.05, 0) is 91.7 Å². The van der Waals surface area contributed by atoms with E-state index in [-0.39, 0.29) is 0 Å². The summed E-state index contributed by atoms with van der Waals surface area (Å²) in [5.74, 6) is 0. The van der Waals surface area contributed by atoms with Gasteiger partial charge in [-0.25, -0.2) is 9.97 Å². The van der Waals surface area contributed by atoms with E-state index in [9.17, 15) is 0 Å². The number of hydrogen-bond acceptors (Lipinski definition) is 2. The number of rotatable bonds is 4. The van der Waals surface area contributed by atoms with Crippen LogP contribution in [-0.4, -0.2) is 9.97 Å². The van der Waals surface area contributed by atoms with Gasteiger partial charge in [-0.15, -0.1) is 0 Å². The van der Waals surface area contributed by atoms with Crippen LogP contribution in [0.15, 0.2) is 182 Å². The molecule has 2 nitrogen and oxygen atoms in total. The molecule has 11 aromatic rings. The molecule has 0 atom stereocenters. The highest BCUT2D eigenvalue weighted by molar-refractivity contribution is 6.26. The van der Waals surface area contributed by atoms with Gasteiger partial charge in [0.05, 0.1) is 22.4 Å². The van der Waals surface area contributed by atoms with E-state index in [0.29, 0.717) is 0 Å². The highest BCUT2D eigenvalue weighted by Crippen LogP contribution is 2.48. The average molecular weight is 713 g/mol. The monoisotopic (exact) mass is 712 g/mol. The summed E-state index contributed by atoms with van der Waals surface area (Å²) in [4.78, 5) is 11.0. The predicted molar refractivity (Wildman–Crippen MR) is 238 cm³/mol. The molecule has 0 fully saturated rings. The molecule has 0 N–H and O–H groups in total. The van der Waals surface area contributed by atoms with Crippen molar-refractivity contribution in [2.45, 2.75) is 13.8 Å². The summed E-state index contributed by atoms with van der Waals surface area (Å²) in [5.41, 5.74) is 13.5. The number of hydrogen-bond donors (Lipinski definition) is 0. The molecule has 0 aliphatic rings. The minimum Gasteiger partial charge on any atom is -0.247 e. The third-order valence-electron chi connectivity index (χ3n) is 11.8. The van der Waals surface area contributed by atoms with Crippen molar-refractivity contribution in [1.29, 1.82) is 0 Å². The van der Waals surface area contributed by atoms with Crippen molar-refractivity contribution in [3.8, 4) is 44.8 Å². The van der Waals surface area contributed by atoms with Gasteiger partial charge in [0.2, 0.25) is 0 Å². The smallest absolute Gasteiger partial charge is 0.0791 e. The molecule has 9 aromatic carbocycles. The molecule has 0 bridgehead atoms. The van der Waals surface area contributed by atoms with Crippen LogP contribution in [0, 0.1) is 13.8 Å².